The van der Waals surface area contributed by atoms with Crippen LogP contribution in [0.3, 0.4) is 0 Å². The molecule has 0 saturated heterocycles. The Bertz CT molecular complexity index is 647. The highest BCUT2D eigenvalue weighted by Crippen LogP contribution is 2.30. The van der Waals surface area contributed by atoms with Gasteiger partial charge in [-0.1, -0.05) is 5.16 Å². The fourth-order valence-corrected chi connectivity index (χ4v) is 1.91. The third-order valence-corrected chi connectivity index (χ3v) is 3.07. The van der Waals surface area contributed by atoms with Crippen molar-refractivity contribution in [2.75, 3.05) is 11.9 Å². The van der Waals surface area contributed by atoms with E-state index in [1.165, 1.54) is 0 Å². The van der Waals surface area contributed by atoms with E-state index in [1.807, 2.05) is 0 Å². The summed E-state index contributed by atoms with van der Waals surface area (Å²) < 4.78 is 18.4. The highest BCUT2D eigenvalue weighted by atomic mass is 79.9. The number of nitrogens with zero attached hydrogens (tertiary/aromatic N) is 3. The lowest BCUT2D eigenvalue weighted by Crippen LogP contribution is -2.07. The SMILES string of the molecule is Cc1noc(CCNc2cc(F)c(Br)cc2[N+](=O)[O-])n1. The smallest absolute Gasteiger partial charge is 0.293 e. The molecule has 7 nitrogen and oxygen atoms in total. The summed E-state index contributed by atoms with van der Waals surface area (Å²) in [6.45, 7) is 2.00. The molecule has 9 heteroatoms. The molecule has 1 aromatic heterocycles. The molecule has 1 heterocycles. The molecule has 0 amide bonds. The summed E-state index contributed by atoms with van der Waals surface area (Å²) in [7, 11) is 0. The normalized spacial score (nSPS) is 10.6. The van der Waals surface area contributed by atoms with E-state index in [4.69, 9.17) is 4.52 Å². The van der Waals surface area contributed by atoms with Crippen LogP contribution >= 0.6 is 15.9 Å². The third-order valence-electron chi connectivity index (χ3n) is 2.46. The quantitative estimate of drug-likeness (QED) is 0.661. The van der Waals surface area contributed by atoms with Crippen LogP contribution in [0.2, 0.25) is 0 Å². The molecule has 0 atom stereocenters. The lowest BCUT2D eigenvalue weighted by atomic mass is 10.2. The van der Waals surface area contributed by atoms with Gasteiger partial charge in [0.15, 0.2) is 5.82 Å². The van der Waals surface area contributed by atoms with Crippen LogP contribution in [0.1, 0.15) is 11.7 Å². The number of hydrogen-bond acceptors (Lipinski definition) is 6. The maximum atomic E-state index is 13.4. The average molecular weight is 345 g/mol. The van der Waals surface area contributed by atoms with Gasteiger partial charge >= 0.3 is 0 Å². The first-order valence-corrected chi connectivity index (χ1v) is 6.43. The summed E-state index contributed by atoms with van der Waals surface area (Å²) in [6, 6.07) is 2.19. The van der Waals surface area contributed by atoms with E-state index in [0.717, 1.165) is 12.1 Å². The van der Waals surface area contributed by atoms with Gasteiger partial charge in [0.2, 0.25) is 5.89 Å². The van der Waals surface area contributed by atoms with Crippen LogP contribution in [0, 0.1) is 22.9 Å². The zero-order valence-electron chi connectivity index (χ0n) is 10.4. The van der Waals surface area contributed by atoms with Crippen molar-refractivity contribution in [3.8, 4) is 0 Å². The number of benzene rings is 1. The lowest BCUT2D eigenvalue weighted by Gasteiger charge is -2.06. The maximum absolute atomic E-state index is 13.4. The van der Waals surface area contributed by atoms with Crippen molar-refractivity contribution in [3.63, 3.8) is 0 Å². The molecule has 0 spiro atoms. The van der Waals surface area contributed by atoms with Crippen LogP contribution in [0.25, 0.3) is 0 Å². The van der Waals surface area contributed by atoms with Gasteiger partial charge < -0.3 is 9.84 Å². The van der Waals surface area contributed by atoms with Crippen LogP contribution in [-0.4, -0.2) is 21.6 Å². The van der Waals surface area contributed by atoms with Crippen LogP contribution in [0.15, 0.2) is 21.1 Å². The first kappa shape index (κ1) is 14.4. The number of nitrogens with one attached hydrogen (secondary N) is 1. The van der Waals surface area contributed by atoms with E-state index < -0.39 is 10.7 Å². The summed E-state index contributed by atoms with van der Waals surface area (Å²) in [5.74, 6) is 0.350. The molecular formula is C11H10BrFN4O3. The van der Waals surface area contributed by atoms with Gasteiger partial charge in [0, 0.05) is 25.1 Å². The van der Waals surface area contributed by atoms with Crippen LogP contribution in [0.5, 0.6) is 0 Å². The second kappa shape index (κ2) is 5.95. The molecule has 0 unspecified atom stereocenters. The number of nitro benzene ring substituents is 1. The Hall–Kier alpha value is -2.03. The highest BCUT2D eigenvalue weighted by molar-refractivity contribution is 9.10. The summed E-state index contributed by atoms with van der Waals surface area (Å²) in [5.41, 5.74) is -0.105. The van der Waals surface area contributed by atoms with Gasteiger partial charge in [0.05, 0.1) is 9.40 Å². The Morgan fingerprint density at radius 3 is 2.90 bits per heavy atom. The zero-order chi connectivity index (χ0) is 14.7. The maximum Gasteiger partial charge on any atom is 0.293 e. The summed E-state index contributed by atoms with van der Waals surface area (Å²) in [5, 5.41) is 17.3. The van der Waals surface area contributed by atoms with E-state index in [0.29, 0.717) is 24.7 Å². The van der Waals surface area contributed by atoms with Gasteiger partial charge in [0.1, 0.15) is 11.5 Å². The van der Waals surface area contributed by atoms with Crippen molar-refractivity contribution in [1.82, 2.24) is 10.1 Å². The van der Waals surface area contributed by atoms with Gasteiger partial charge in [-0.3, -0.25) is 10.1 Å². The molecule has 0 saturated carbocycles. The molecule has 1 N–H and O–H groups in total. The fraction of sp³-hybridized carbons (Fsp3) is 0.273. The number of halogens is 2. The summed E-state index contributed by atoms with van der Waals surface area (Å²) in [4.78, 5) is 14.3. The van der Waals surface area contributed by atoms with E-state index >= 15 is 0 Å². The molecule has 0 fully saturated rings. The number of aromatic nitrogens is 2. The number of nitro groups is 1. The molecule has 2 aromatic rings. The van der Waals surface area contributed by atoms with Crippen LogP contribution in [0.4, 0.5) is 15.8 Å². The Kier molecular flexibility index (Phi) is 4.28. The van der Waals surface area contributed by atoms with Gasteiger partial charge in [-0.05, 0) is 22.9 Å². The molecule has 106 valence electrons. The molecule has 0 aliphatic heterocycles. The van der Waals surface area contributed by atoms with Gasteiger partial charge in [-0.15, -0.1) is 0 Å². The van der Waals surface area contributed by atoms with Crippen molar-refractivity contribution < 1.29 is 13.8 Å². The second-order valence-electron chi connectivity index (χ2n) is 3.95. The average Bonchev–Trinajstić information content (AvgIpc) is 2.79. The number of aryl methyl sites for hydroxylation is 1. The lowest BCUT2D eigenvalue weighted by molar-refractivity contribution is -0.384. The molecular weight excluding hydrogens is 335 g/mol. The van der Waals surface area contributed by atoms with Gasteiger partial charge in [-0.2, -0.15) is 4.98 Å². The summed E-state index contributed by atoms with van der Waals surface area (Å²) in [6.07, 6.45) is 0.385. The van der Waals surface area contributed by atoms with E-state index in [1.54, 1.807) is 6.92 Å². The van der Waals surface area contributed by atoms with Crippen molar-refractivity contribution in [1.29, 1.82) is 0 Å². The van der Waals surface area contributed by atoms with Gasteiger partial charge in [0.25, 0.3) is 5.69 Å². The Balaban J connectivity index is 2.08. The van der Waals surface area contributed by atoms with Crippen molar-refractivity contribution >= 4 is 27.3 Å². The van der Waals surface area contributed by atoms with Crippen molar-refractivity contribution in [3.05, 3.63) is 44.3 Å². The highest BCUT2D eigenvalue weighted by Gasteiger charge is 2.17. The zero-order valence-corrected chi connectivity index (χ0v) is 12.0. The predicted molar refractivity (Wildman–Crippen MR) is 72.0 cm³/mol. The summed E-state index contributed by atoms with van der Waals surface area (Å²) >= 11 is 2.92. The Morgan fingerprint density at radius 1 is 1.55 bits per heavy atom. The first-order chi connectivity index (χ1) is 9.47. The first-order valence-electron chi connectivity index (χ1n) is 5.64. The molecule has 0 aliphatic rings. The van der Waals surface area contributed by atoms with Crippen LogP contribution < -0.4 is 5.32 Å². The Morgan fingerprint density at radius 2 is 2.30 bits per heavy atom. The molecule has 0 radical (unpaired) electrons. The molecule has 2 rings (SSSR count). The monoisotopic (exact) mass is 344 g/mol. The molecule has 0 bridgehead atoms. The van der Waals surface area contributed by atoms with Crippen LogP contribution in [-0.2, 0) is 6.42 Å². The third kappa shape index (κ3) is 3.29. The van der Waals surface area contributed by atoms with E-state index in [2.05, 4.69) is 31.4 Å². The second-order valence-corrected chi connectivity index (χ2v) is 4.81. The van der Waals surface area contributed by atoms with Crippen molar-refractivity contribution in [2.24, 2.45) is 0 Å². The number of rotatable bonds is 5. The molecule has 1 aromatic carbocycles. The van der Waals surface area contributed by atoms with Crippen molar-refractivity contribution in [2.45, 2.75) is 13.3 Å². The Labute approximate surface area is 121 Å². The topological polar surface area (TPSA) is 94.1 Å². The van der Waals surface area contributed by atoms with E-state index in [-0.39, 0.29) is 15.8 Å². The molecule has 20 heavy (non-hydrogen) atoms. The largest absolute Gasteiger partial charge is 0.379 e. The minimum Gasteiger partial charge on any atom is -0.379 e. The minimum absolute atomic E-state index is 0.0438. The standard InChI is InChI=1S/C11H10BrFN4O3/c1-6-15-11(20-16-6)2-3-14-9-5-8(13)7(12)4-10(9)17(18)19/h4-5,14H,2-3H2,1H3. The fourth-order valence-electron chi connectivity index (χ4n) is 1.57. The number of hydrogen-bond donors (Lipinski definition) is 1. The molecule has 0 aliphatic carbocycles. The van der Waals surface area contributed by atoms with Gasteiger partial charge in [-0.25, -0.2) is 4.39 Å². The number of anilines is 1. The predicted octanol–water partition coefficient (Wildman–Crippen LogP) is 2.84. The van der Waals surface area contributed by atoms with E-state index in [9.17, 15) is 14.5 Å². The minimum atomic E-state index is -0.580.